The molecule has 0 radical (unpaired) electrons. The summed E-state index contributed by atoms with van der Waals surface area (Å²) in [5.74, 6) is 0.579. The lowest BCUT2D eigenvalue weighted by Crippen LogP contribution is -2.51. The Morgan fingerprint density at radius 3 is 2.79 bits per heavy atom. The third-order valence-corrected chi connectivity index (χ3v) is 7.02. The Bertz CT molecular complexity index is 1080. The predicted octanol–water partition coefficient (Wildman–Crippen LogP) is 1.34. The van der Waals surface area contributed by atoms with Crippen molar-refractivity contribution in [2.75, 3.05) is 32.7 Å². The second-order valence-electron chi connectivity index (χ2n) is 7.04. The highest BCUT2D eigenvalue weighted by molar-refractivity contribution is 7.89. The molecule has 10 heteroatoms. The maximum absolute atomic E-state index is 13.0. The molecule has 1 amide bonds. The number of amides is 1. The number of hydrogen-bond donors (Lipinski definition) is 2. The number of fused-ring (bicyclic) bond motifs is 1. The molecule has 1 saturated heterocycles. The van der Waals surface area contributed by atoms with Gasteiger partial charge in [-0.2, -0.15) is 4.31 Å². The summed E-state index contributed by atoms with van der Waals surface area (Å²) in [4.78, 5) is 21.5. The Kier molecular flexibility index (Phi) is 5.39. The van der Waals surface area contributed by atoms with E-state index in [0.717, 1.165) is 0 Å². The van der Waals surface area contributed by atoms with Crippen molar-refractivity contribution in [2.45, 2.75) is 17.9 Å². The molecule has 4 rings (SSSR count). The molecule has 1 fully saturated rings. The maximum Gasteiger partial charge on any atom is 0.245 e. The van der Waals surface area contributed by atoms with Gasteiger partial charge in [0.1, 0.15) is 16.3 Å². The number of rotatable bonds is 6. The molecule has 154 valence electrons. The van der Waals surface area contributed by atoms with Gasteiger partial charge in [0.2, 0.25) is 15.9 Å². The minimum atomic E-state index is -3.62. The van der Waals surface area contributed by atoms with Gasteiger partial charge in [0.25, 0.3) is 0 Å². The summed E-state index contributed by atoms with van der Waals surface area (Å²) >= 11 is 0. The number of aromatic nitrogens is 2. The van der Waals surface area contributed by atoms with E-state index in [1.165, 1.54) is 10.5 Å². The van der Waals surface area contributed by atoms with E-state index >= 15 is 0 Å². The van der Waals surface area contributed by atoms with Gasteiger partial charge in [-0.3, -0.25) is 9.69 Å². The molecule has 1 aliphatic rings. The number of piperazine rings is 1. The molecule has 9 nitrogen and oxygen atoms in total. The Hall–Kier alpha value is -2.69. The summed E-state index contributed by atoms with van der Waals surface area (Å²) in [6.07, 6.45) is 4.68. The van der Waals surface area contributed by atoms with Gasteiger partial charge < -0.3 is 14.7 Å². The number of carbonyl (C=O) groups is 1. The number of aromatic amines is 1. The number of hydrogen-bond acceptors (Lipinski definition) is 6. The summed E-state index contributed by atoms with van der Waals surface area (Å²) < 4.78 is 32.8. The molecule has 2 N–H and O–H groups in total. The quantitative estimate of drug-likeness (QED) is 0.626. The first-order valence-corrected chi connectivity index (χ1v) is 10.9. The average Bonchev–Trinajstić information content (AvgIpc) is 3.38. The van der Waals surface area contributed by atoms with Crippen LogP contribution in [0.5, 0.6) is 0 Å². The summed E-state index contributed by atoms with van der Waals surface area (Å²) in [6.45, 7) is 3.71. The zero-order valence-corrected chi connectivity index (χ0v) is 16.9. The fraction of sp³-hybridized carbons (Fsp3) is 0.368. The van der Waals surface area contributed by atoms with Crippen LogP contribution in [0, 0.1) is 0 Å². The number of carbonyl (C=O) groups excluding carboxylic acids is 1. The first kappa shape index (κ1) is 19.6. The lowest BCUT2D eigenvalue weighted by atomic mass is 10.2. The van der Waals surface area contributed by atoms with E-state index in [4.69, 9.17) is 4.42 Å². The van der Waals surface area contributed by atoms with Gasteiger partial charge in [-0.25, -0.2) is 13.4 Å². The van der Waals surface area contributed by atoms with Gasteiger partial charge in [0, 0.05) is 44.0 Å². The third kappa shape index (κ3) is 4.04. The van der Waals surface area contributed by atoms with E-state index < -0.39 is 10.0 Å². The zero-order chi connectivity index (χ0) is 20.4. The number of furan rings is 1. The van der Waals surface area contributed by atoms with Crippen LogP contribution in [0.4, 0.5) is 0 Å². The smallest absolute Gasteiger partial charge is 0.245 e. The van der Waals surface area contributed by atoms with Crippen LogP contribution in [0.25, 0.3) is 11.0 Å². The van der Waals surface area contributed by atoms with E-state index in [2.05, 4.69) is 15.3 Å². The highest BCUT2D eigenvalue weighted by atomic mass is 32.2. The van der Waals surface area contributed by atoms with E-state index in [1.807, 2.05) is 17.9 Å². The lowest BCUT2D eigenvalue weighted by molar-refractivity contribution is -0.123. The average molecular weight is 417 g/mol. The minimum absolute atomic E-state index is 0.118. The molecule has 1 aliphatic heterocycles. The molecule has 0 aromatic carbocycles. The summed E-state index contributed by atoms with van der Waals surface area (Å²) in [5.41, 5.74) is 0.548. The van der Waals surface area contributed by atoms with E-state index in [-0.39, 0.29) is 23.4 Å². The minimum Gasteiger partial charge on any atom is -0.467 e. The molecule has 3 aromatic heterocycles. The molecular weight excluding hydrogens is 394 g/mol. The Balaban J connectivity index is 1.35. The number of H-pyrrole nitrogens is 1. The lowest BCUT2D eigenvalue weighted by Gasteiger charge is -2.33. The summed E-state index contributed by atoms with van der Waals surface area (Å²) in [5, 5.41) is 3.48. The van der Waals surface area contributed by atoms with Crippen molar-refractivity contribution >= 4 is 27.0 Å². The predicted molar refractivity (Wildman–Crippen MR) is 107 cm³/mol. The standard InChI is InChI=1S/C19H23N5O4S/c1-14(16-5-3-11-28-16)22-18(25)13-23-7-9-24(10-8-23)29(26,27)17-12-21-19-15(17)4-2-6-20-19/h2-6,11-12,14H,7-10,13H2,1H3,(H,20,21)(H,22,25). The number of nitrogens with zero attached hydrogens (tertiary/aromatic N) is 3. The van der Waals surface area contributed by atoms with Crippen molar-refractivity contribution < 1.29 is 17.6 Å². The normalized spacial score (nSPS) is 17.4. The highest BCUT2D eigenvalue weighted by Crippen LogP contribution is 2.25. The topological polar surface area (TPSA) is 112 Å². The second-order valence-corrected chi connectivity index (χ2v) is 8.94. The maximum atomic E-state index is 13.0. The van der Waals surface area contributed by atoms with Gasteiger partial charge >= 0.3 is 0 Å². The molecule has 3 aromatic rings. The summed E-state index contributed by atoms with van der Waals surface area (Å²) in [7, 11) is -3.62. The first-order valence-electron chi connectivity index (χ1n) is 9.42. The van der Waals surface area contributed by atoms with Crippen LogP contribution in [0.2, 0.25) is 0 Å². The molecule has 0 aliphatic carbocycles. The number of sulfonamides is 1. The molecule has 0 bridgehead atoms. The number of nitrogens with one attached hydrogen (secondary N) is 2. The van der Waals surface area contributed by atoms with Gasteiger partial charge in [-0.05, 0) is 31.2 Å². The molecule has 0 saturated carbocycles. The molecular formula is C19H23N5O4S. The fourth-order valence-electron chi connectivity index (χ4n) is 3.51. The molecule has 4 heterocycles. The van der Waals surface area contributed by atoms with Crippen LogP contribution in [0.1, 0.15) is 18.7 Å². The summed E-state index contributed by atoms with van der Waals surface area (Å²) in [6, 6.07) is 6.84. The Labute approximate surface area is 168 Å². The number of pyridine rings is 1. The third-order valence-electron chi connectivity index (χ3n) is 5.08. The second kappa shape index (κ2) is 7.97. The van der Waals surface area contributed by atoms with Crippen molar-refractivity contribution in [3.63, 3.8) is 0 Å². The van der Waals surface area contributed by atoms with Crippen LogP contribution in [0.15, 0.2) is 52.2 Å². The monoisotopic (exact) mass is 417 g/mol. The van der Waals surface area contributed by atoms with Gasteiger partial charge in [0.05, 0.1) is 18.8 Å². The molecule has 1 atom stereocenters. The van der Waals surface area contributed by atoms with Gasteiger partial charge in [-0.1, -0.05) is 0 Å². The fourth-order valence-corrected chi connectivity index (χ4v) is 5.08. The van der Waals surface area contributed by atoms with Crippen LogP contribution in [-0.2, 0) is 14.8 Å². The zero-order valence-electron chi connectivity index (χ0n) is 16.0. The van der Waals surface area contributed by atoms with Gasteiger partial charge in [-0.15, -0.1) is 0 Å². The Morgan fingerprint density at radius 1 is 1.28 bits per heavy atom. The van der Waals surface area contributed by atoms with Crippen LogP contribution in [-0.4, -0.2) is 66.2 Å². The highest BCUT2D eigenvalue weighted by Gasteiger charge is 2.31. The SMILES string of the molecule is CC(NC(=O)CN1CCN(S(=O)(=O)c2c[nH]c3ncccc23)CC1)c1ccco1. The van der Waals surface area contributed by atoms with E-state index in [1.54, 1.807) is 30.7 Å². The molecule has 29 heavy (non-hydrogen) atoms. The van der Waals surface area contributed by atoms with Crippen LogP contribution in [0.3, 0.4) is 0 Å². The van der Waals surface area contributed by atoms with Crippen molar-refractivity contribution in [3.05, 3.63) is 48.7 Å². The van der Waals surface area contributed by atoms with Crippen LogP contribution >= 0.6 is 0 Å². The van der Waals surface area contributed by atoms with Crippen LogP contribution < -0.4 is 5.32 Å². The molecule has 0 spiro atoms. The first-order chi connectivity index (χ1) is 13.9. The Morgan fingerprint density at radius 2 is 2.07 bits per heavy atom. The van der Waals surface area contributed by atoms with E-state index in [9.17, 15) is 13.2 Å². The van der Waals surface area contributed by atoms with Gasteiger partial charge in [0.15, 0.2) is 0 Å². The van der Waals surface area contributed by atoms with E-state index in [0.29, 0.717) is 43.0 Å². The van der Waals surface area contributed by atoms with Crippen molar-refractivity contribution in [1.29, 1.82) is 0 Å². The largest absolute Gasteiger partial charge is 0.467 e. The molecule has 1 unspecified atom stereocenters. The van der Waals surface area contributed by atoms with Crippen molar-refractivity contribution in [2.24, 2.45) is 0 Å². The van der Waals surface area contributed by atoms with Crippen molar-refractivity contribution in [3.8, 4) is 0 Å². The van der Waals surface area contributed by atoms with Crippen molar-refractivity contribution in [1.82, 2.24) is 24.5 Å².